The first kappa shape index (κ1) is 12.6. The minimum atomic E-state index is -0.205. The van der Waals surface area contributed by atoms with Gasteiger partial charge >= 0.3 is 0 Å². The van der Waals surface area contributed by atoms with E-state index in [2.05, 4.69) is 15.3 Å². The lowest BCUT2D eigenvalue weighted by atomic mass is 10.3. The highest BCUT2D eigenvalue weighted by atomic mass is 35.5. The van der Waals surface area contributed by atoms with E-state index in [1.165, 1.54) is 0 Å². The van der Waals surface area contributed by atoms with Gasteiger partial charge in [-0.1, -0.05) is 17.7 Å². The molecule has 0 aromatic carbocycles. The number of aryl methyl sites for hydroxylation is 1. The Labute approximate surface area is 110 Å². The highest BCUT2D eigenvalue weighted by Crippen LogP contribution is 2.04. The molecular formula is C12H13ClN4O. The van der Waals surface area contributed by atoms with Crippen LogP contribution in [0.2, 0.25) is 5.15 Å². The summed E-state index contributed by atoms with van der Waals surface area (Å²) in [5.74, 6) is -0.205. The Morgan fingerprint density at radius 3 is 3.06 bits per heavy atom. The zero-order chi connectivity index (χ0) is 12.8. The van der Waals surface area contributed by atoms with Gasteiger partial charge in [0, 0.05) is 25.5 Å². The third-order valence-electron chi connectivity index (χ3n) is 2.39. The van der Waals surface area contributed by atoms with Crippen molar-refractivity contribution in [3.8, 4) is 0 Å². The van der Waals surface area contributed by atoms with Gasteiger partial charge in [-0.2, -0.15) is 0 Å². The first-order valence-electron chi connectivity index (χ1n) is 5.62. The Hall–Kier alpha value is -1.88. The zero-order valence-electron chi connectivity index (χ0n) is 9.71. The third-order valence-corrected chi connectivity index (χ3v) is 2.60. The molecule has 0 saturated heterocycles. The smallest absolute Gasteiger partial charge is 0.269 e. The molecule has 0 fully saturated rings. The summed E-state index contributed by atoms with van der Waals surface area (Å²) >= 11 is 5.72. The van der Waals surface area contributed by atoms with Crippen LogP contribution in [-0.4, -0.2) is 27.0 Å². The predicted molar refractivity (Wildman–Crippen MR) is 68.4 cm³/mol. The van der Waals surface area contributed by atoms with E-state index in [9.17, 15) is 4.79 Å². The number of hydrogen-bond acceptors (Lipinski definition) is 3. The van der Waals surface area contributed by atoms with E-state index in [1.807, 2.05) is 10.8 Å². The van der Waals surface area contributed by atoms with Gasteiger partial charge in [-0.15, -0.1) is 0 Å². The molecule has 94 valence electrons. The van der Waals surface area contributed by atoms with Crippen LogP contribution in [0.4, 0.5) is 0 Å². The summed E-state index contributed by atoms with van der Waals surface area (Å²) in [5.41, 5.74) is 0.338. The van der Waals surface area contributed by atoms with Gasteiger partial charge in [-0.05, 0) is 18.6 Å². The summed E-state index contributed by atoms with van der Waals surface area (Å²) in [5, 5.41) is 3.12. The molecule has 2 rings (SSSR count). The third kappa shape index (κ3) is 3.56. The van der Waals surface area contributed by atoms with E-state index >= 15 is 0 Å². The second-order valence-corrected chi connectivity index (χ2v) is 4.14. The van der Waals surface area contributed by atoms with Crippen LogP contribution in [0.1, 0.15) is 16.9 Å². The van der Waals surface area contributed by atoms with E-state index in [-0.39, 0.29) is 5.91 Å². The molecule has 0 radical (unpaired) electrons. The molecular weight excluding hydrogens is 252 g/mol. The fourth-order valence-corrected chi connectivity index (χ4v) is 1.67. The lowest BCUT2D eigenvalue weighted by Crippen LogP contribution is -2.26. The summed E-state index contributed by atoms with van der Waals surface area (Å²) in [4.78, 5) is 19.6. The SMILES string of the molecule is O=C(NCCCn1ccnc1)c1cccc(Cl)n1. The summed E-state index contributed by atoms with van der Waals surface area (Å²) < 4.78 is 1.96. The zero-order valence-corrected chi connectivity index (χ0v) is 10.5. The minimum Gasteiger partial charge on any atom is -0.351 e. The molecule has 2 heterocycles. The summed E-state index contributed by atoms with van der Waals surface area (Å²) in [6.07, 6.45) is 6.21. The standard InChI is InChI=1S/C12H13ClN4O/c13-11-4-1-3-10(16-11)12(18)15-5-2-7-17-8-6-14-9-17/h1,3-4,6,8-9H,2,5,7H2,(H,15,18). The monoisotopic (exact) mass is 264 g/mol. The average Bonchev–Trinajstić information content (AvgIpc) is 2.87. The van der Waals surface area contributed by atoms with Crippen molar-refractivity contribution in [1.29, 1.82) is 0 Å². The number of nitrogens with zero attached hydrogens (tertiary/aromatic N) is 3. The van der Waals surface area contributed by atoms with E-state index in [1.54, 1.807) is 30.7 Å². The Morgan fingerprint density at radius 2 is 2.33 bits per heavy atom. The molecule has 6 heteroatoms. The number of pyridine rings is 1. The fourth-order valence-electron chi connectivity index (χ4n) is 1.51. The molecule has 0 atom stereocenters. The van der Waals surface area contributed by atoms with Gasteiger partial charge in [-0.3, -0.25) is 4.79 Å². The summed E-state index contributed by atoms with van der Waals surface area (Å²) in [7, 11) is 0. The maximum absolute atomic E-state index is 11.7. The lowest BCUT2D eigenvalue weighted by Gasteiger charge is -2.05. The second kappa shape index (κ2) is 6.16. The van der Waals surface area contributed by atoms with Crippen molar-refractivity contribution >= 4 is 17.5 Å². The van der Waals surface area contributed by atoms with Crippen molar-refractivity contribution in [2.45, 2.75) is 13.0 Å². The van der Waals surface area contributed by atoms with Crippen molar-refractivity contribution < 1.29 is 4.79 Å². The number of carbonyl (C=O) groups is 1. The number of amides is 1. The number of aromatic nitrogens is 3. The summed E-state index contributed by atoms with van der Waals surface area (Å²) in [6, 6.07) is 4.98. The van der Waals surface area contributed by atoms with Crippen molar-refractivity contribution in [3.63, 3.8) is 0 Å². The van der Waals surface area contributed by atoms with Crippen molar-refractivity contribution in [2.75, 3.05) is 6.54 Å². The topological polar surface area (TPSA) is 59.8 Å². The molecule has 2 aromatic heterocycles. The largest absolute Gasteiger partial charge is 0.351 e. The molecule has 1 amide bonds. The quantitative estimate of drug-likeness (QED) is 0.661. The molecule has 0 bridgehead atoms. The van der Waals surface area contributed by atoms with E-state index in [0.29, 0.717) is 17.4 Å². The highest BCUT2D eigenvalue weighted by molar-refractivity contribution is 6.29. The minimum absolute atomic E-state index is 0.205. The van der Waals surface area contributed by atoms with Gasteiger partial charge in [-0.25, -0.2) is 9.97 Å². The maximum atomic E-state index is 11.7. The number of halogens is 1. The Morgan fingerprint density at radius 1 is 1.44 bits per heavy atom. The lowest BCUT2D eigenvalue weighted by molar-refractivity contribution is 0.0948. The molecule has 0 spiro atoms. The number of rotatable bonds is 5. The average molecular weight is 265 g/mol. The Kier molecular flexibility index (Phi) is 4.30. The molecule has 0 aliphatic heterocycles. The number of carbonyl (C=O) groups excluding carboxylic acids is 1. The van der Waals surface area contributed by atoms with Crippen LogP contribution in [0, 0.1) is 0 Å². The van der Waals surface area contributed by atoms with Crippen LogP contribution in [0.25, 0.3) is 0 Å². The van der Waals surface area contributed by atoms with Gasteiger partial charge in [0.15, 0.2) is 0 Å². The van der Waals surface area contributed by atoms with Gasteiger partial charge in [0.25, 0.3) is 5.91 Å². The fraction of sp³-hybridized carbons (Fsp3) is 0.250. The van der Waals surface area contributed by atoms with Crippen LogP contribution in [-0.2, 0) is 6.54 Å². The summed E-state index contributed by atoms with van der Waals surface area (Å²) in [6.45, 7) is 1.41. The first-order chi connectivity index (χ1) is 8.75. The van der Waals surface area contributed by atoms with E-state index < -0.39 is 0 Å². The number of nitrogens with one attached hydrogen (secondary N) is 1. The van der Waals surface area contributed by atoms with E-state index in [0.717, 1.165) is 13.0 Å². The van der Waals surface area contributed by atoms with Gasteiger partial charge in [0.05, 0.1) is 6.33 Å². The van der Waals surface area contributed by atoms with Crippen molar-refractivity contribution in [1.82, 2.24) is 19.9 Å². The maximum Gasteiger partial charge on any atom is 0.269 e. The Bertz CT molecular complexity index is 513. The molecule has 1 N–H and O–H groups in total. The van der Waals surface area contributed by atoms with Crippen molar-refractivity contribution in [3.05, 3.63) is 47.8 Å². The Balaban J connectivity index is 1.75. The molecule has 5 nitrogen and oxygen atoms in total. The molecule has 0 unspecified atom stereocenters. The van der Waals surface area contributed by atoms with Crippen molar-refractivity contribution in [2.24, 2.45) is 0 Å². The predicted octanol–water partition coefficient (Wildman–Crippen LogP) is 1.75. The van der Waals surface area contributed by atoms with Crippen LogP contribution < -0.4 is 5.32 Å². The van der Waals surface area contributed by atoms with Crippen LogP contribution in [0.15, 0.2) is 36.9 Å². The normalized spacial score (nSPS) is 10.3. The molecule has 0 saturated carbocycles. The van der Waals surface area contributed by atoms with Gasteiger partial charge in [0.1, 0.15) is 10.8 Å². The second-order valence-electron chi connectivity index (χ2n) is 3.76. The molecule has 18 heavy (non-hydrogen) atoms. The number of hydrogen-bond donors (Lipinski definition) is 1. The van der Waals surface area contributed by atoms with Gasteiger partial charge < -0.3 is 9.88 Å². The first-order valence-corrected chi connectivity index (χ1v) is 6.00. The molecule has 0 aliphatic rings. The number of imidazole rings is 1. The van der Waals surface area contributed by atoms with Crippen LogP contribution >= 0.6 is 11.6 Å². The molecule has 2 aromatic rings. The molecule has 0 aliphatic carbocycles. The van der Waals surface area contributed by atoms with Crippen LogP contribution in [0.5, 0.6) is 0 Å². The van der Waals surface area contributed by atoms with Crippen LogP contribution in [0.3, 0.4) is 0 Å². The van der Waals surface area contributed by atoms with Gasteiger partial charge in [0.2, 0.25) is 0 Å². The highest BCUT2D eigenvalue weighted by Gasteiger charge is 2.06. The van der Waals surface area contributed by atoms with E-state index in [4.69, 9.17) is 11.6 Å².